The quantitative estimate of drug-likeness (QED) is 0.876. The van der Waals surface area contributed by atoms with Crippen LogP contribution in [0.2, 0.25) is 5.02 Å². The van der Waals surface area contributed by atoms with Gasteiger partial charge in [0, 0.05) is 24.3 Å². The van der Waals surface area contributed by atoms with Gasteiger partial charge in [0.1, 0.15) is 5.69 Å². The van der Waals surface area contributed by atoms with E-state index in [0.29, 0.717) is 26.3 Å². The number of benzene rings is 1. The van der Waals surface area contributed by atoms with Crippen molar-refractivity contribution >= 4 is 29.1 Å². The number of nitrogens with zero attached hydrogens (tertiary/aromatic N) is 3. The van der Waals surface area contributed by atoms with Gasteiger partial charge in [-0.05, 0) is 24.3 Å². The minimum Gasteiger partial charge on any atom is -0.378 e. The minimum absolute atomic E-state index is 0.0416. The molecule has 26 heavy (non-hydrogen) atoms. The first-order valence-corrected chi connectivity index (χ1v) is 8.06. The third-order valence-electron chi connectivity index (χ3n) is 3.71. The molecule has 2 heterocycles. The fraction of sp³-hybridized carbons (Fsp3) is 0.312. The van der Waals surface area contributed by atoms with Crippen molar-refractivity contribution < 1.29 is 22.7 Å². The summed E-state index contributed by atoms with van der Waals surface area (Å²) >= 11 is 5.66. The molecule has 138 valence electrons. The summed E-state index contributed by atoms with van der Waals surface area (Å²) in [6, 6.07) is 4.73. The summed E-state index contributed by atoms with van der Waals surface area (Å²) in [6.07, 6.45) is -3.29. The maximum atomic E-state index is 13.2. The molecule has 0 radical (unpaired) electrons. The largest absolute Gasteiger partial charge is 0.418 e. The van der Waals surface area contributed by atoms with Gasteiger partial charge >= 0.3 is 6.18 Å². The predicted molar refractivity (Wildman–Crippen MR) is 88.5 cm³/mol. The molecule has 1 aromatic carbocycles. The second-order valence-corrected chi connectivity index (χ2v) is 5.92. The van der Waals surface area contributed by atoms with E-state index >= 15 is 0 Å². The smallest absolute Gasteiger partial charge is 0.378 e. The van der Waals surface area contributed by atoms with Gasteiger partial charge in [0.2, 0.25) is 5.95 Å². The zero-order valence-electron chi connectivity index (χ0n) is 13.4. The molecule has 0 spiro atoms. The molecule has 0 atom stereocenters. The van der Waals surface area contributed by atoms with Crippen molar-refractivity contribution in [1.82, 2.24) is 14.9 Å². The number of halogens is 4. The first kappa shape index (κ1) is 18.4. The van der Waals surface area contributed by atoms with E-state index in [-0.39, 0.29) is 28.3 Å². The maximum absolute atomic E-state index is 13.2. The lowest BCUT2D eigenvalue weighted by Gasteiger charge is -2.26. The fourth-order valence-corrected chi connectivity index (χ4v) is 2.62. The summed E-state index contributed by atoms with van der Waals surface area (Å²) in [5.41, 5.74) is -1.11. The van der Waals surface area contributed by atoms with Crippen LogP contribution < -0.4 is 5.32 Å². The van der Waals surface area contributed by atoms with E-state index in [0.717, 1.165) is 6.07 Å². The summed E-state index contributed by atoms with van der Waals surface area (Å²) in [5, 5.41) is 2.47. The molecule has 0 saturated carbocycles. The number of carbonyl (C=O) groups is 1. The van der Waals surface area contributed by atoms with Gasteiger partial charge in [-0.2, -0.15) is 13.2 Å². The highest BCUT2D eigenvalue weighted by atomic mass is 35.5. The molecule has 1 aromatic heterocycles. The van der Waals surface area contributed by atoms with Crippen LogP contribution in [0.4, 0.5) is 24.8 Å². The Labute approximate surface area is 151 Å². The number of morpholine rings is 1. The monoisotopic (exact) mass is 386 g/mol. The van der Waals surface area contributed by atoms with Gasteiger partial charge in [0.05, 0.1) is 24.5 Å². The Morgan fingerprint density at radius 2 is 1.96 bits per heavy atom. The van der Waals surface area contributed by atoms with E-state index in [1.54, 1.807) is 4.90 Å². The number of hydrogen-bond donors (Lipinski definition) is 1. The minimum atomic E-state index is -4.60. The van der Waals surface area contributed by atoms with E-state index < -0.39 is 11.7 Å². The van der Waals surface area contributed by atoms with E-state index in [9.17, 15) is 18.0 Å². The average Bonchev–Trinajstić information content (AvgIpc) is 2.63. The molecule has 0 unspecified atom stereocenters. The number of amides is 1. The Hall–Kier alpha value is -2.39. The number of alkyl halides is 3. The molecule has 3 rings (SSSR count). The van der Waals surface area contributed by atoms with E-state index in [1.807, 2.05) is 0 Å². The van der Waals surface area contributed by atoms with Crippen molar-refractivity contribution in [1.29, 1.82) is 0 Å². The lowest BCUT2D eigenvalue weighted by atomic mass is 10.1. The molecular formula is C16H14ClF3N4O2. The number of aromatic nitrogens is 2. The zero-order valence-corrected chi connectivity index (χ0v) is 14.1. The lowest BCUT2D eigenvalue weighted by Crippen LogP contribution is -2.41. The Morgan fingerprint density at radius 1 is 1.23 bits per heavy atom. The molecule has 0 bridgehead atoms. The Bertz CT molecular complexity index is 810. The predicted octanol–water partition coefficient (Wildman–Crippen LogP) is 3.36. The first-order valence-electron chi connectivity index (χ1n) is 7.68. The third-order valence-corrected chi connectivity index (χ3v) is 3.94. The second kappa shape index (κ2) is 7.46. The fourth-order valence-electron chi connectivity index (χ4n) is 2.45. The van der Waals surface area contributed by atoms with Crippen LogP contribution >= 0.6 is 11.6 Å². The highest BCUT2D eigenvalue weighted by Crippen LogP contribution is 2.37. The molecule has 1 aliphatic rings. The van der Waals surface area contributed by atoms with Crippen LogP contribution in [-0.4, -0.2) is 47.1 Å². The van der Waals surface area contributed by atoms with Crippen LogP contribution in [0.1, 0.15) is 16.1 Å². The van der Waals surface area contributed by atoms with Crippen LogP contribution in [0.3, 0.4) is 0 Å². The van der Waals surface area contributed by atoms with E-state index in [4.69, 9.17) is 16.3 Å². The van der Waals surface area contributed by atoms with Gasteiger partial charge in [0.25, 0.3) is 5.91 Å². The van der Waals surface area contributed by atoms with Crippen LogP contribution in [0.5, 0.6) is 0 Å². The Balaban J connectivity index is 1.84. The van der Waals surface area contributed by atoms with Crippen LogP contribution in [0, 0.1) is 0 Å². The number of anilines is 2. The van der Waals surface area contributed by atoms with Crippen LogP contribution in [0.15, 0.2) is 30.5 Å². The second-order valence-electron chi connectivity index (χ2n) is 5.48. The molecule has 2 aromatic rings. The topological polar surface area (TPSA) is 67.4 Å². The van der Waals surface area contributed by atoms with Gasteiger partial charge in [-0.3, -0.25) is 4.79 Å². The van der Waals surface area contributed by atoms with E-state index in [2.05, 4.69) is 15.3 Å². The van der Waals surface area contributed by atoms with Gasteiger partial charge in [-0.1, -0.05) is 11.6 Å². The third kappa shape index (κ3) is 4.23. The van der Waals surface area contributed by atoms with E-state index in [1.165, 1.54) is 24.4 Å². The lowest BCUT2D eigenvalue weighted by molar-refractivity contribution is -0.136. The number of carbonyl (C=O) groups excluding carboxylic acids is 1. The molecule has 10 heteroatoms. The zero-order chi connectivity index (χ0) is 18.7. The van der Waals surface area contributed by atoms with Crippen molar-refractivity contribution in [3.05, 3.63) is 46.7 Å². The number of nitrogens with one attached hydrogen (secondary N) is 1. The van der Waals surface area contributed by atoms with Gasteiger partial charge in [0.15, 0.2) is 0 Å². The first-order chi connectivity index (χ1) is 12.3. The van der Waals surface area contributed by atoms with Crippen molar-refractivity contribution in [3.63, 3.8) is 0 Å². The molecule has 1 N–H and O–H groups in total. The van der Waals surface area contributed by atoms with Gasteiger partial charge in [-0.25, -0.2) is 9.97 Å². The summed E-state index contributed by atoms with van der Waals surface area (Å²) in [6.45, 7) is 1.73. The van der Waals surface area contributed by atoms with Crippen molar-refractivity contribution in [2.45, 2.75) is 6.18 Å². The standard InChI is InChI=1S/C16H14ClF3N4O2/c17-10-1-2-12(11(9-10)16(18,19)20)22-15-21-4-3-13(23-15)14(25)24-5-7-26-8-6-24/h1-4,9H,5-8H2,(H,21,22,23). The molecule has 1 aliphatic heterocycles. The molecule has 0 aliphatic carbocycles. The number of hydrogen-bond acceptors (Lipinski definition) is 5. The molecule has 1 fully saturated rings. The maximum Gasteiger partial charge on any atom is 0.418 e. The molecule has 6 nitrogen and oxygen atoms in total. The van der Waals surface area contributed by atoms with Crippen LogP contribution in [-0.2, 0) is 10.9 Å². The van der Waals surface area contributed by atoms with Gasteiger partial charge < -0.3 is 15.0 Å². The molecule has 1 amide bonds. The van der Waals surface area contributed by atoms with Gasteiger partial charge in [-0.15, -0.1) is 0 Å². The normalized spacial score (nSPS) is 15.0. The highest BCUT2D eigenvalue weighted by molar-refractivity contribution is 6.30. The number of rotatable bonds is 3. The summed E-state index contributed by atoms with van der Waals surface area (Å²) in [5.74, 6) is -0.442. The van der Waals surface area contributed by atoms with Crippen molar-refractivity contribution in [3.8, 4) is 0 Å². The Kier molecular flexibility index (Phi) is 5.28. The summed E-state index contributed by atoms with van der Waals surface area (Å²) < 4.78 is 44.7. The summed E-state index contributed by atoms with van der Waals surface area (Å²) in [4.78, 5) is 21.9. The molecular weight excluding hydrogens is 373 g/mol. The van der Waals surface area contributed by atoms with Crippen LogP contribution in [0.25, 0.3) is 0 Å². The highest BCUT2D eigenvalue weighted by Gasteiger charge is 2.34. The number of ether oxygens (including phenoxy) is 1. The Morgan fingerprint density at radius 3 is 2.65 bits per heavy atom. The average molecular weight is 387 g/mol. The van der Waals surface area contributed by atoms with Crippen molar-refractivity contribution in [2.75, 3.05) is 31.6 Å². The van der Waals surface area contributed by atoms with Crippen molar-refractivity contribution in [2.24, 2.45) is 0 Å². The SMILES string of the molecule is O=C(c1ccnc(Nc2ccc(Cl)cc2C(F)(F)F)n1)N1CCOCC1. The summed E-state index contributed by atoms with van der Waals surface area (Å²) in [7, 11) is 0. The molecule has 1 saturated heterocycles.